The lowest BCUT2D eigenvalue weighted by Crippen LogP contribution is -2.33. The molecule has 6 heterocycles. The maximum atomic E-state index is 12.4. The molecule has 2 saturated heterocycles. The Kier molecular flexibility index (Phi) is 10.9. The minimum absolute atomic E-state index is 0.0142. The van der Waals surface area contributed by atoms with E-state index in [2.05, 4.69) is 51.9 Å². The molecule has 0 aliphatic carbocycles. The number of fused-ring (bicyclic) bond motifs is 2. The first-order valence-corrected chi connectivity index (χ1v) is 20.3. The number of hydrogen-bond donors (Lipinski definition) is 10. The Bertz CT molecular complexity index is 2040. The minimum Gasteiger partial charge on any atom is -0.387 e. The van der Waals surface area contributed by atoms with Gasteiger partial charge in [0.25, 0.3) is 0 Å². The maximum Gasteiger partial charge on any atom is 0.490 e. The SMILES string of the molecule is Nc1ncnc2c1ncn2C1O[C@H](COP(=O)(O)OP(=O)(O)OP(=O)(O)OP(=O)(O)OCC2O[C@@H](n3cnc4c(N)ncnc43)[C@H](O)[C@@H]2O)[C@@H](O)[C@H]1O. The first-order valence-electron chi connectivity index (χ1n) is 14.3. The highest BCUT2D eigenvalue weighted by Crippen LogP contribution is 2.71. The number of nitrogen functional groups attached to an aromatic ring is 2. The predicted octanol–water partition coefficient (Wildman–Crippen LogP) is -2.45. The van der Waals surface area contributed by atoms with Crippen molar-refractivity contribution in [3.8, 4) is 0 Å². The molecular weight excluding hydrogens is 808 g/mol. The number of hydrogen-bond acceptors (Lipinski definition) is 23. The molecule has 0 bridgehead atoms. The highest BCUT2D eigenvalue weighted by Gasteiger charge is 2.50. The molecule has 0 amide bonds. The molecule has 4 aromatic heterocycles. The van der Waals surface area contributed by atoms with Gasteiger partial charge in [-0.25, -0.2) is 48.2 Å². The summed E-state index contributed by atoms with van der Waals surface area (Å²) in [5, 5.41) is 41.8. The fourth-order valence-corrected chi connectivity index (χ4v) is 10.1. The number of phosphoric ester groups is 2. The molecule has 33 heteroatoms. The van der Waals surface area contributed by atoms with E-state index in [0.29, 0.717) is 0 Å². The standard InChI is InChI=1S/C20H28N10O19P4/c21-15-9-17(25-3-23-15)29(5-27-9)19-13(33)11(31)7(45-19)1-43-50(35,36)47-52(39,40)49-53(41,42)48-51(37,38)44-2-8-12(32)14(34)20(46-8)30-6-28-10-16(22)24-4-26-18(10)30/h3-8,11-14,19-20,31-34H,1-2H2,(H,35,36)(H,37,38)(H,39,40)(H,41,42)(H2,21,23,25)(H2,22,24,26)/t7-,8?,11-,12-,13-,14-,19?,20-/m1/s1. The molecule has 12 atom stereocenters. The molecule has 0 saturated carbocycles. The van der Waals surface area contributed by atoms with Crippen molar-refractivity contribution >= 4 is 65.3 Å². The number of ether oxygens (including phenoxy) is 2. The number of anilines is 2. The molecule has 29 nitrogen and oxygen atoms in total. The molecule has 292 valence electrons. The van der Waals surface area contributed by atoms with Gasteiger partial charge in [-0.1, -0.05) is 0 Å². The van der Waals surface area contributed by atoms with Crippen LogP contribution in [0.4, 0.5) is 11.6 Å². The summed E-state index contributed by atoms with van der Waals surface area (Å²) in [6.45, 7) is -2.22. The van der Waals surface area contributed by atoms with Gasteiger partial charge in [0.05, 0.1) is 25.9 Å². The molecule has 0 spiro atoms. The number of aliphatic hydroxyl groups excluding tert-OH is 4. The summed E-state index contributed by atoms with van der Waals surface area (Å²) in [5.74, 6) is -0.0284. The van der Waals surface area contributed by atoms with Crippen LogP contribution in [-0.4, -0.2) is 129 Å². The molecule has 6 unspecified atom stereocenters. The Balaban J connectivity index is 1.01. The lowest BCUT2D eigenvalue weighted by atomic mass is 10.1. The van der Waals surface area contributed by atoms with E-state index in [4.69, 9.17) is 20.9 Å². The second kappa shape index (κ2) is 14.6. The van der Waals surface area contributed by atoms with E-state index in [1.807, 2.05) is 0 Å². The Labute approximate surface area is 293 Å². The quantitative estimate of drug-likeness (QED) is 0.0589. The molecule has 0 aromatic carbocycles. The van der Waals surface area contributed by atoms with Crippen LogP contribution in [0.15, 0.2) is 25.3 Å². The third-order valence-electron chi connectivity index (χ3n) is 7.42. The fourth-order valence-electron chi connectivity index (χ4n) is 5.11. The molecular formula is C20H28N10O19P4. The van der Waals surface area contributed by atoms with Gasteiger partial charge in [0.15, 0.2) is 35.4 Å². The fraction of sp³-hybridized carbons (Fsp3) is 0.500. The van der Waals surface area contributed by atoms with Crippen molar-refractivity contribution < 1.29 is 89.7 Å². The monoisotopic (exact) mass is 836 g/mol. The summed E-state index contributed by atoms with van der Waals surface area (Å²) >= 11 is 0. The third kappa shape index (κ3) is 8.48. The number of aromatic nitrogens is 8. The van der Waals surface area contributed by atoms with E-state index >= 15 is 0 Å². The Hall–Kier alpha value is -2.98. The lowest BCUT2D eigenvalue weighted by Gasteiger charge is -2.21. The van der Waals surface area contributed by atoms with Crippen LogP contribution in [0.25, 0.3) is 22.3 Å². The Morgan fingerprint density at radius 3 is 1.32 bits per heavy atom. The molecule has 2 fully saturated rings. The molecule has 53 heavy (non-hydrogen) atoms. The first kappa shape index (κ1) is 39.7. The van der Waals surface area contributed by atoms with Crippen molar-refractivity contribution in [3.63, 3.8) is 0 Å². The van der Waals surface area contributed by atoms with Gasteiger partial charge in [0, 0.05) is 0 Å². The van der Waals surface area contributed by atoms with Crippen LogP contribution in [-0.2, 0) is 49.7 Å². The van der Waals surface area contributed by atoms with Crippen LogP contribution in [0.5, 0.6) is 0 Å². The average Bonchev–Trinajstić information content (AvgIpc) is 3.80. The van der Waals surface area contributed by atoms with Gasteiger partial charge < -0.3 is 60.9 Å². The van der Waals surface area contributed by atoms with Crippen LogP contribution < -0.4 is 11.5 Å². The van der Waals surface area contributed by atoms with Crippen molar-refractivity contribution in [2.45, 2.75) is 49.1 Å². The zero-order valence-corrected chi connectivity index (χ0v) is 29.5. The predicted molar refractivity (Wildman–Crippen MR) is 166 cm³/mol. The summed E-state index contributed by atoms with van der Waals surface area (Å²) < 4.78 is 83.4. The van der Waals surface area contributed by atoms with Crippen molar-refractivity contribution in [1.82, 2.24) is 39.0 Å². The van der Waals surface area contributed by atoms with Gasteiger partial charge in [-0.3, -0.25) is 18.2 Å². The number of imidazole rings is 2. The summed E-state index contributed by atoms with van der Waals surface area (Å²) in [6.07, 6.45) is -8.58. The van der Waals surface area contributed by atoms with E-state index in [1.54, 1.807) is 0 Å². The molecule has 12 N–H and O–H groups in total. The summed E-state index contributed by atoms with van der Waals surface area (Å²) in [5.41, 5.74) is 11.9. The highest BCUT2D eigenvalue weighted by atomic mass is 31.3. The summed E-state index contributed by atoms with van der Waals surface area (Å²) in [4.78, 5) is 63.0. The number of rotatable bonds is 14. The highest BCUT2D eigenvalue weighted by molar-refractivity contribution is 7.69. The Morgan fingerprint density at radius 1 is 0.585 bits per heavy atom. The van der Waals surface area contributed by atoms with Crippen molar-refractivity contribution in [2.75, 3.05) is 24.7 Å². The average molecular weight is 836 g/mol. The molecule has 4 aromatic rings. The lowest BCUT2D eigenvalue weighted by molar-refractivity contribution is -0.0505. The number of nitrogens with zero attached hydrogens (tertiary/aromatic N) is 8. The van der Waals surface area contributed by atoms with Crippen molar-refractivity contribution in [1.29, 1.82) is 0 Å². The number of nitrogens with two attached hydrogens (primary N) is 2. The van der Waals surface area contributed by atoms with E-state index < -0.39 is 93.6 Å². The Morgan fingerprint density at radius 2 is 0.943 bits per heavy atom. The van der Waals surface area contributed by atoms with E-state index in [1.165, 1.54) is 0 Å². The van der Waals surface area contributed by atoms with E-state index in [-0.39, 0.29) is 34.0 Å². The first-order chi connectivity index (χ1) is 24.7. The third-order valence-corrected chi connectivity index (χ3v) is 13.3. The van der Waals surface area contributed by atoms with Gasteiger partial charge in [-0.05, 0) is 0 Å². The van der Waals surface area contributed by atoms with Gasteiger partial charge in [0.1, 0.15) is 60.3 Å². The zero-order valence-electron chi connectivity index (χ0n) is 25.9. The summed E-state index contributed by atoms with van der Waals surface area (Å²) in [7, 11) is -23.9. The van der Waals surface area contributed by atoms with Crippen molar-refractivity contribution in [2.24, 2.45) is 0 Å². The van der Waals surface area contributed by atoms with Gasteiger partial charge >= 0.3 is 31.3 Å². The maximum absolute atomic E-state index is 12.4. The minimum atomic E-state index is -6.19. The number of phosphoric acid groups is 4. The van der Waals surface area contributed by atoms with Gasteiger partial charge in [-0.15, -0.1) is 0 Å². The van der Waals surface area contributed by atoms with Crippen LogP contribution in [0.2, 0.25) is 0 Å². The van der Waals surface area contributed by atoms with Crippen LogP contribution >= 0.6 is 31.3 Å². The van der Waals surface area contributed by atoms with Crippen molar-refractivity contribution in [3.05, 3.63) is 25.3 Å². The molecule has 0 radical (unpaired) electrons. The summed E-state index contributed by atoms with van der Waals surface area (Å²) in [6, 6.07) is 0. The van der Waals surface area contributed by atoms with Crippen LogP contribution in [0.3, 0.4) is 0 Å². The molecule has 2 aliphatic rings. The number of aliphatic hydroxyl groups is 4. The van der Waals surface area contributed by atoms with E-state index in [9.17, 15) is 58.3 Å². The molecule has 2 aliphatic heterocycles. The normalized spacial score (nSPS) is 30.9. The van der Waals surface area contributed by atoms with Crippen LogP contribution in [0.1, 0.15) is 12.5 Å². The second-order valence-electron chi connectivity index (χ2n) is 11.0. The van der Waals surface area contributed by atoms with E-state index in [0.717, 1.165) is 34.4 Å². The largest absolute Gasteiger partial charge is 0.490 e. The smallest absolute Gasteiger partial charge is 0.387 e. The van der Waals surface area contributed by atoms with Gasteiger partial charge in [0.2, 0.25) is 0 Å². The van der Waals surface area contributed by atoms with Gasteiger partial charge in [-0.2, -0.15) is 12.9 Å². The topological polar surface area (TPSA) is 434 Å². The molecule has 6 rings (SSSR count). The van der Waals surface area contributed by atoms with Crippen LogP contribution in [0, 0.1) is 0 Å². The zero-order chi connectivity index (χ0) is 38.7. The second-order valence-corrected chi connectivity index (χ2v) is 17.2.